The van der Waals surface area contributed by atoms with Gasteiger partial charge >= 0.3 is 0 Å². The Bertz CT molecular complexity index is 106. The van der Waals surface area contributed by atoms with E-state index in [0.717, 1.165) is 13.0 Å². The average Bonchev–Trinajstić information content (AvgIpc) is 1.96. The van der Waals surface area contributed by atoms with E-state index in [0.29, 0.717) is 6.54 Å². The first-order chi connectivity index (χ1) is 5.49. The van der Waals surface area contributed by atoms with Crippen LogP contribution in [0.2, 0.25) is 0 Å². The highest BCUT2D eigenvalue weighted by molar-refractivity contribution is 4.71. The standard InChI is InChI=1S/C9H22N2O/c1-9(2,3)11-6-5-8(7-10)12-4/h8,11H,5-7,10H2,1-4H3. The van der Waals surface area contributed by atoms with Crippen LogP contribution in [0.4, 0.5) is 0 Å². The minimum absolute atomic E-state index is 0.187. The van der Waals surface area contributed by atoms with Gasteiger partial charge in [0.25, 0.3) is 0 Å². The lowest BCUT2D eigenvalue weighted by Crippen LogP contribution is -2.38. The summed E-state index contributed by atoms with van der Waals surface area (Å²) in [6, 6.07) is 0. The fourth-order valence-corrected chi connectivity index (χ4v) is 0.940. The van der Waals surface area contributed by atoms with Crippen LogP contribution in [0.5, 0.6) is 0 Å². The van der Waals surface area contributed by atoms with E-state index in [9.17, 15) is 0 Å². The monoisotopic (exact) mass is 174 g/mol. The molecule has 0 aliphatic carbocycles. The zero-order valence-corrected chi connectivity index (χ0v) is 8.68. The first-order valence-corrected chi connectivity index (χ1v) is 4.47. The van der Waals surface area contributed by atoms with Gasteiger partial charge in [0.2, 0.25) is 0 Å². The largest absolute Gasteiger partial charge is 0.380 e. The van der Waals surface area contributed by atoms with Crippen molar-refractivity contribution >= 4 is 0 Å². The van der Waals surface area contributed by atoms with Crippen LogP contribution in [-0.4, -0.2) is 31.8 Å². The normalized spacial score (nSPS) is 14.8. The van der Waals surface area contributed by atoms with Crippen molar-refractivity contribution < 1.29 is 4.74 Å². The average molecular weight is 174 g/mol. The SMILES string of the molecule is COC(CN)CCNC(C)(C)C. The van der Waals surface area contributed by atoms with Gasteiger partial charge in [-0.2, -0.15) is 0 Å². The molecule has 0 saturated carbocycles. The quantitative estimate of drug-likeness (QED) is 0.646. The van der Waals surface area contributed by atoms with Crippen LogP contribution in [0.1, 0.15) is 27.2 Å². The minimum atomic E-state index is 0.187. The number of hydrogen-bond donors (Lipinski definition) is 2. The summed E-state index contributed by atoms with van der Waals surface area (Å²) in [7, 11) is 1.70. The molecule has 3 N–H and O–H groups in total. The van der Waals surface area contributed by atoms with Crippen molar-refractivity contribution in [2.24, 2.45) is 5.73 Å². The molecule has 1 unspecified atom stereocenters. The predicted octanol–water partition coefficient (Wildman–Crippen LogP) is 0.738. The Morgan fingerprint density at radius 2 is 2.00 bits per heavy atom. The summed E-state index contributed by atoms with van der Waals surface area (Å²) < 4.78 is 5.15. The molecule has 0 fully saturated rings. The Morgan fingerprint density at radius 1 is 1.42 bits per heavy atom. The van der Waals surface area contributed by atoms with Gasteiger partial charge in [0.1, 0.15) is 0 Å². The summed E-state index contributed by atoms with van der Waals surface area (Å²) in [5.41, 5.74) is 5.67. The van der Waals surface area contributed by atoms with E-state index in [2.05, 4.69) is 26.1 Å². The Labute approximate surface area is 75.7 Å². The topological polar surface area (TPSA) is 47.3 Å². The molecule has 0 aromatic carbocycles. The third-order valence-electron chi connectivity index (χ3n) is 1.72. The van der Waals surface area contributed by atoms with Crippen molar-refractivity contribution in [1.82, 2.24) is 5.32 Å². The third-order valence-corrected chi connectivity index (χ3v) is 1.72. The van der Waals surface area contributed by atoms with E-state index < -0.39 is 0 Å². The smallest absolute Gasteiger partial charge is 0.0705 e. The van der Waals surface area contributed by atoms with Crippen LogP contribution in [0.25, 0.3) is 0 Å². The molecule has 0 aliphatic rings. The predicted molar refractivity (Wildman–Crippen MR) is 52.2 cm³/mol. The molecule has 0 aliphatic heterocycles. The molecule has 0 spiro atoms. The Hall–Kier alpha value is -0.120. The van der Waals surface area contributed by atoms with E-state index in [1.54, 1.807) is 7.11 Å². The number of ether oxygens (including phenoxy) is 1. The summed E-state index contributed by atoms with van der Waals surface area (Å²) in [4.78, 5) is 0. The molecule has 0 aromatic heterocycles. The highest BCUT2D eigenvalue weighted by atomic mass is 16.5. The molecular weight excluding hydrogens is 152 g/mol. The fraction of sp³-hybridized carbons (Fsp3) is 1.00. The van der Waals surface area contributed by atoms with Gasteiger partial charge in [-0.25, -0.2) is 0 Å². The second kappa shape index (κ2) is 5.51. The van der Waals surface area contributed by atoms with Crippen LogP contribution in [0.15, 0.2) is 0 Å². The van der Waals surface area contributed by atoms with Crippen molar-refractivity contribution in [2.75, 3.05) is 20.2 Å². The lowest BCUT2D eigenvalue weighted by Gasteiger charge is -2.22. The van der Waals surface area contributed by atoms with Crippen LogP contribution >= 0.6 is 0 Å². The number of hydrogen-bond acceptors (Lipinski definition) is 3. The van der Waals surface area contributed by atoms with E-state index in [-0.39, 0.29) is 11.6 Å². The molecule has 74 valence electrons. The molecule has 12 heavy (non-hydrogen) atoms. The lowest BCUT2D eigenvalue weighted by atomic mass is 10.1. The molecule has 1 atom stereocenters. The molecule has 0 heterocycles. The summed E-state index contributed by atoms with van der Waals surface area (Å²) in [5, 5.41) is 3.39. The maximum Gasteiger partial charge on any atom is 0.0705 e. The van der Waals surface area contributed by atoms with Gasteiger partial charge in [-0.15, -0.1) is 0 Å². The second-order valence-electron chi connectivity index (χ2n) is 4.06. The number of methoxy groups -OCH3 is 1. The molecule has 0 bridgehead atoms. The van der Waals surface area contributed by atoms with Crippen molar-refractivity contribution in [1.29, 1.82) is 0 Å². The summed E-state index contributed by atoms with van der Waals surface area (Å²) in [6.45, 7) is 8.01. The highest BCUT2D eigenvalue weighted by Crippen LogP contribution is 2.00. The van der Waals surface area contributed by atoms with Gasteiger partial charge < -0.3 is 15.8 Å². The van der Waals surface area contributed by atoms with E-state index in [4.69, 9.17) is 10.5 Å². The molecule has 0 amide bonds. The molecular formula is C9H22N2O. The number of nitrogens with one attached hydrogen (secondary N) is 1. The van der Waals surface area contributed by atoms with Crippen LogP contribution < -0.4 is 11.1 Å². The number of rotatable bonds is 5. The highest BCUT2D eigenvalue weighted by Gasteiger charge is 2.10. The van der Waals surface area contributed by atoms with Crippen LogP contribution in [0, 0.1) is 0 Å². The second-order valence-corrected chi connectivity index (χ2v) is 4.06. The molecule has 3 nitrogen and oxygen atoms in total. The number of nitrogens with two attached hydrogens (primary N) is 1. The van der Waals surface area contributed by atoms with Crippen LogP contribution in [0.3, 0.4) is 0 Å². The van der Waals surface area contributed by atoms with Gasteiger partial charge in [-0.05, 0) is 33.7 Å². The van der Waals surface area contributed by atoms with Crippen molar-refractivity contribution in [2.45, 2.75) is 38.8 Å². The van der Waals surface area contributed by atoms with Gasteiger partial charge in [0.15, 0.2) is 0 Å². The maximum atomic E-state index is 5.48. The molecule has 3 heteroatoms. The maximum absolute atomic E-state index is 5.48. The van der Waals surface area contributed by atoms with Crippen molar-refractivity contribution in [3.8, 4) is 0 Å². The van der Waals surface area contributed by atoms with E-state index >= 15 is 0 Å². The summed E-state index contributed by atoms with van der Waals surface area (Å²) >= 11 is 0. The first kappa shape index (κ1) is 11.9. The van der Waals surface area contributed by atoms with Crippen molar-refractivity contribution in [3.63, 3.8) is 0 Å². The Morgan fingerprint density at radius 3 is 2.33 bits per heavy atom. The minimum Gasteiger partial charge on any atom is -0.380 e. The van der Waals surface area contributed by atoms with Gasteiger partial charge in [-0.1, -0.05) is 0 Å². The summed E-state index contributed by atoms with van der Waals surface area (Å²) in [5.74, 6) is 0. The van der Waals surface area contributed by atoms with Gasteiger partial charge in [0, 0.05) is 19.2 Å². The molecule has 0 saturated heterocycles. The Balaban J connectivity index is 3.41. The third kappa shape index (κ3) is 6.58. The van der Waals surface area contributed by atoms with E-state index in [1.165, 1.54) is 0 Å². The van der Waals surface area contributed by atoms with Gasteiger partial charge in [-0.3, -0.25) is 0 Å². The zero-order valence-electron chi connectivity index (χ0n) is 8.68. The van der Waals surface area contributed by atoms with Crippen LogP contribution in [-0.2, 0) is 4.74 Å². The van der Waals surface area contributed by atoms with Crippen molar-refractivity contribution in [3.05, 3.63) is 0 Å². The molecule has 0 radical (unpaired) electrons. The molecule has 0 aromatic rings. The Kier molecular flexibility index (Phi) is 5.46. The lowest BCUT2D eigenvalue weighted by molar-refractivity contribution is 0.100. The zero-order chi connectivity index (χ0) is 9.61. The van der Waals surface area contributed by atoms with E-state index in [1.807, 2.05) is 0 Å². The molecule has 0 rings (SSSR count). The summed E-state index contributed by atoms with van der Waals surface area (Å²) in [6.07, 6.45) is 1.17. The first-order valence-electron chi connectivity index (χ1n) is 4.47. The van der Waals surface area contributed by atoms with Gasteiger partial charge in [0.05, 0.1) is 6.10 Å². The fourth-order valence-electron chi connectivity index (χ4n) is 0.940.